The van der Waals surface area contributed by atoms with Crippen molar-refractivity contribution in [3.05, 3.63) is 73.7 Å². The van der Waals surface area contributed by atoms with E-state index in [0.29, 0.717) is 18.6 Å². The number of nitro benzene ring substituents is 1. The van der Waals surface area contributed by atoms with Crippen molar-refractivity contribution in [2.45, 2.75) is 46.1 Å². The number of thioether (sulfide) groups is 1. The number of carbonyl (C=O) groups is 2. The summed E-state index contributed by atoms with van der Waals surface area (Å²) < 4.78 is 18.3. The lowest BCUT2D eigenvalue weighted by atomic mass is 9.87. The van der Waals surface area contributed by atoms with Crippen molar-refractivity contribution in [2.24, 2.45) is 0 Å². The fourth-order valence-corrected chi connectivity index (χ4v) is 5.12. The lowest BCUT2D eigenvalue weighted by Crippen LogP contribution is -2.42. The van der Waals surface area contributed by atoms with Crippen LogP contribution in [0, 0.1) is 30.9 Å². The Labute approximate surface area is 219 Å². The Hall–Kier alpha value is -3.79. The number of nitro groups is 1. The zero-order valence-corrected chi connectivity index (χ0v) is 22.0. The molecule has 2 aliphatic heterocycles. The highest BCUT2D eigenvalue weighted by Crippen LogP contribution is 2.44. The first-order valence-electron chi connectivity index (χ1n) is 11.7. The summed E-state index contributed by atoms with van der Waals surface area (Å²) in [6, 6.07) is 4.42. The molecule has 9 nitrogen and oxygen atoms in total. The second-order valence-electron chi connectivity index (χ2n) is 9.29. The summed E-state index contributed by atoms with van der Waals surface area (Å²) in [5.41, 5.74) is 3.59. The first kappa shape index (κ1) is 26.3. The Morgan fingerprint density at radius 3 is 2.62 bits per heavy atom. The summed E-state index contributed by atoms with van der Waals surface area (Å²) in [6.07, 6.45) is 4.55. The van der Waals surface area contributed by atoms with Crippen LogP contribution in [0.1, 0.15) is 41.2 Å². The molecule has 0 bridgehead atoms. The van der Waals surface area contributed by atoms with Crippen molar-refractivity contribution in [2.75, 3.05) is 13.2 Å². The minimum Gasteiger partial charge on any atom is -0.489 e. The molecule has 0 spiro atoms. The molecule has 2 aliphatic rings. The number of nitrogens with zero attached hydrogens (tertiary/aromatic N) is 1. The van der Waals surface area contributed by atoms with E-state index in [1.54, 1.807) is 12.1 Å². The van der Waals surface area contributed by atoms with Gasteiger partial charge >= 0.3 is 5.69 Å². The molecule has 0 radical (unpaired) electrons. The minimum absolute atomic E-state index is 0.0969. The normalized spacial score (nSPS) is 19.7. The van der Waals surface area contributed by atoms with Crippen molar-refractivity contribution < 1.29 is 28.7 Å². The van der Waals surface area contributed by atoms with Crippen LogP contribution in [0.15, 0.2) is 35.8 Å². The number of amides is 2. The van der Waals surface area contributed by atoms with Crippen molar-refractivity contribution in [1.29, 1.82) is 0 Å². The maximum absolute atomic E-state index is 11.8. The van der Waals surface area contributed by atoms with Crippen LogP contribution in [-0.2, 0) is 11.2 Å². The molecule has 1 unspecified atom stereocenters. The zero-order chi connectivity index (χ0) is 26.9. The second-order valence-corrected chi connectivity index (χ2v) is 10.3. The molecule has 2 heterocycles. The molecule has 1 fully saturated rings. The van der Waals surface area contributed by atoms with Gasteiger partial charge in [-0.3, -0.25) is 25.0 Å². The largest absolute Gasteiger partial charge is 0.489 e. The molecule has 2 aromatic rings. The number of fused-ring (bicyclic) bond motifs is 1. The number of rotatable bonds is 8. The molecule has 1 saturated heterocycles. The zero-order valence-electron chi connectivity index (χ0n) is 21.1. The van der Waals surface area contributed by atoms with Gasteiger partial charge in [-0.2, -0.15) is 0 Å². The van der Waals surface area contributed by atoms with Crippen LogP contribution in [0.3, 0.4) is 0 Å². The molecule has 0 aromatic heterocycles. The van der Waals surface area contributed by atoms with Crippen LogP contribution in [0.4, 0.5) is 10.5 Å². The van der Waals surface area contributed by atoms with E-state index in [4.69, 9.17) is 14.2 Å². The highest BCUT2D eigenvalue weighted by molar-refractivity contribution is 8.18. The number of hydrogen-bond donors (Lipinski definition) is 1. The summed E-state index contributed by atoms with van der Waals surface area (Å²) in [5, 5.41) is 13.4. The number of carbonyl (C=O) groups excluding carboxylic acids is 2. The van der Waals surface area contributed by atoms with E-state index in [0.717, 1.165) is 51.9 Å². The average molecular weight is 525 g/mol. The van der Waals surface area contributed by atoms with Gasteiger partial charge in [-0.1, -0.05) is 18.7 Å². The summed E-state index contributed by atoms with van der Waals surface area (Å²) >= 11 is 0.749. The maximum atomic E-state index is 11.8. The van der Waals surface area contributed by atoms with Crippen LogP contribution in [0.2, 0.25) is 0 Å². The predicted octanol–water partition coefficient (Wildman–Crippen LogP) is 5.57. The maximum Gasteiger partial charge on any atom is 0.311 e. The van der Waals surface area contributed by atoms with Gasteiger partial charge in [-0.25, -0.2) is 0 Å². The van der Waals surface area contributed by atoms with E-state index in [-0.39, 0.29) is 22.9 Å². The Bertz CT molecular complexity index is 1350. The third-order valence-corrected chi connectivity index (χ3v) is 7.37. The van der Waals surface area contributed by atoms with Crippen LogP contribution < -0.4 is 19.5 Å². The van der Waals surface area contributed by atoms with E-state index in [1.165, 1.54) is 18.2 Å². The molecule has 37 heavy (non-hydrogen) atoms. The first-order chi connectivity index (χ1) is 17.5. The molecule has 0 aliphatic carbocycles. The van der Waals surface area contributed by atoms with E-state index in [1.807, 2.05) is 27.7 Å². The summed E-state index contributed by atoms with van der Waals surface area (Å²) in [7, 11) is 0. The van der Waals surface area contributed by atoms with E-state index in [9.17, 15) is 19.7 Å². The van der Waals surface area contributed by atoms with Gasteiger partial charge in [0.1, 0.15) is 30.3 Å². The molecular weight excluding hydrogens is 496 g/mol. The Morgan fingerprint density at radius 2 is 1.97 bits per heavy atom. The fourth-order valence-electron chi connectivity index (χ4n) is 4.43. The lowest BCUT2D eigenvalue weighted by Gasteiger charge is -2.37. The van der Waals surface area contributed by atoms with Gasteiger partial charge in [0.15, 0.2) is 5.75 Å². The average Bonchev–Trinajstić information content (AvgIpc) is 3.17. The monoisotopic (exact) mass is 524 g/mol. The van der Waals surface area contributed by atoms with Gasteiger partial charge in [-0.15, -0.1) is 0 Å². The quantitative estimate of drug-likeness (QED) is 0.206. The second kappa shape index (κ2) is 10.3. The van der Waals surface area contributed by atoms with E-state index in [2.05, 4.69) is 11.9 Å². The van der Waals surface area contributed by atoms with Crippen LogP contribution in [-0.4, -0.2) is 34.9 Å². The van der Waals surface area contributed by atoms with E-state index >= 15 is 0 Å². The van der Waals surface area contributed by atoms with Crippen LogP contribution in [0.25, 0.3) is 6.08 Å². The Morgan fingerprint density at radius 1 is 1.22 bits per heavy atom. The number of imide groups is 1. The topological polar surface area (TPSA) is 117 Å². The van der Waals surface area contributed by atoms with Gasteiger partial charge in [0, 0.05) is 11.6 Å². The van der Waals surface area contributed by atoms with Crippen molar-refractivity contribution in [1.82, 2.24) is 5.32 Å². The van der Waals surface area contributed by atoms with Gasteiger partial charge in [0.05, 0.1) is 9.83 Å². The molecule has 1 atom stereocenters. The van der Waals surface area contributed by atoms with Crippen LogP contribution >= 0.6 is 11.8 Å². The van der Waals surface area contributed by atoms with Gasteiger partial charge in [-0.05, 0) is 86.7 Å². The Balaban J connectivity index is 1.55. The smallest absolute Gasteiger partial charge is 0.311 e. The highest BCUT2D eigenvalue weighted by atomic mass is 32.2. The lowest BCUT2D eigenvalue weighted by molar-refractivity contribution is -0.386. The fraction of sp³-hybridized carbons (Fsp3) is 0.333. The molecule has 1 N–H and O–H groups in total. The van der Waals surface area contributed by atoms with E-state index < -0.39 is 21.7 Å². The van der Waals surface area contributed by atoms with Gasteiger partial charge < -0.3 is 14.2 Å². The SMILES string of the molecule is C=CCOc1c(C)c(C)c2c(c1C)CCC(C)(COc1ccc(/C=C3\SC(=O)NC3=O)cc1[N+](=O)[O-])O2. The Kier molecular flexibility index (Phi) is 7.31. The molecule has 194 valence electrons. The summed E-state index contributed by atoms with van der Waals surface area (Å²) in [4.78, 5) is 34.6. The first-order valence-corrected chi connectivity index (χ1v) is 12.6. The van der Waals surface area contributed by atoms with Crippen molar-refractivity contribution >= 4 is 34.7 Å². The number of nitrogens with one attached hydrogen (secondary N) is 1. The van der Waals surface area contributed by atoms with Crippen molar-refractivity contribution in [3.63, 3.8) is 0 Å². The number of benzene rings is 2. The van der Waals surface area contributed by atoms with Gasteiger partial charge in [0.25, 0.3) is 11.1 Å². The summed E-state index contributed by atoms with van der Waals surface area (Å²) in [6.45, 7) is 12.2. The predicted molar refractivity (Wildman–Crippen MR) is 141 cm³/mol. The van der Waals surface area contributed by atoms with Crippen LogP contribution in [0.5, 0.6) is 17.2 Å². The molecule has 2 aromatic carbocycles. The number of hydrogen-bond acceptors (Lipinski definition) is 8. The third kappa shape index (κ3) is 5.34. The molecule has 4 rings (SSSR count). The summed E-state index contributed by atoms with van der Waals surface area (Å²) in [5.74, 6) is 1.22. The van der Waals surface area contributed by atoms with Crippen molar-refractivity contribution in [3.8, 4) is 17.2 Å². The minimum atomic E-state index is -0.701. The number of ether oxygens (including phenoxy) is 3. The van der Waals surface area contributed by atoms with Gasteiger partial charge in [0.2, 0.25) is 0 Å². The highest BCUT2D eigenvalue weighted by Gasteiger charge is 2.36. The third-order valence-electron chi connectivity index (χ3n) is 6.56. The molecule has 2 amide bonds. The molecule has 10 heteroatoms. The molecule has 0 saturated carbocycles. The molecular formula is C27H28N2O7S. The standard InChI is InChI=1S/C27H28N2O7S/c1-6-11-34-23-15(2)16(3)24-19(17(23)4)9-10-27(5,36-24)14-35-21-8-7-18(12-20(21)29(32)33)13-22-25(30)28-26(31)37-22/h6-8,12-13H,1,9-11,14H2,2-5H3,(H,28,30,31)/b22-13-.